The van der Waals surface area contributed by atoms with Crippen molar-refractivity contribution in [3.8, 4) is 0 Å². The molecule has 0 saturated heterocycles. The van der Waals surface area contributed by atoms with E-state index in [1.165, 1.54) is 4.70 Å². The van der Waals surface area contributed by atoms with E-state index >= 15 is 0 Å². The van der Waals surface area contributed by atoms with Crippen LogP contribution in [0.5, 0.6) is 0 Å². The van der Waals surface area contributed by atoms with Crippen LogP contribution in [0.3, 0.4) is 0 Å². The molecule has 0 fully saturated rings. The van der Waals surface area contributed by atoms with Crippen molar-refractivity contribution in [2.24, 2.45) is 0 Å². The van der Waals surface area contributed by atoms with Crippen LogP contribution in [0, 0.1) is 6.92 Å². The molecular formula is C12H15NOS. The van der Waals surface area contributed by atoms with Crippen LogP contribution in [0.1, 0.15) is 24.4 Å². The zero-order valence-electron chi connectivity index (χ0n) is 9.24. The molecule has 0 aliphatic rings. The predicted molar refractivity (Wildman–Crippen MR) is 64.5 cm³/mol. The average Bonchev–Trinajstić information content (AvgIpc) is 2.56. The van der Waals surface area contributed by atoms with Gasteiger partial charge in [0.2, 0.25) is 0 Å². The molecule has 1 heterocycles. The molecule has 0 aliphatic heterocycles. The number of aromatic nitrogens is 1. The SMILES string of the molecule is Cc1nc2cc(C(C)(C)CO)ccc2s1. The predicted octanol–water partition coefficient (Wildman–Crippen LogP) is 2.87. The molecule has 0 atom stereocenters. The van der Waals surface area contributed by atoms with Crippen LogP contribution < -0.4 is 0 Å². The highest BCUT2D eigenvalue weighted by atomic mass is 32.1. The molecule has 0 aliphatic carbocycles. The normalized spacial score (nSPS) is 12.3. The Bertz CT molecular complexity index is 487. The zero-order valence-corrected chi connectivity index (χ0v) is 10.1. The third kappa shape index (κ3) is 1.90. The van der Waals surface area contributed by atoms with E-state index in [-0.39, 0.29) is 12.0 Å². The Morgan fingerprint density at radius 2 is 2.13 bits per heavy atom. The molecule has 2 rings (SSSR count). The summed E-state index contributed by atoms with van der Waals surface area (Å²) in [6.45, 7) is 6.24. The van der Waals surface area contributed by atoms with Crippen LogP contribution in [0.15, 0.2) is 18.2 Å². The van der Waals surface area contributed by atoms with Crippen LogP contribution in [0.25, 0.3) is 10.2 Å². The van der Waals surface area contributed by atoms with Gasteiger partial charge in [0.25, 0.3) is 0 Å². The molecule has 2 nitrogen and oxygen atoms in total. The maximum Gasteiger partial charge on any atom is 0.0907 e. The molecule has 2 aromatic rings. The Morgan fingerprint density at radius 1 is 1.40 bits per heavy atom. The quantitative estimate of drug-likeness (QED) is 0.846. The van der Waals surface area contributed by atoms with Crippen molar-refractivity contribution in [1.29, 1.82) is 0 Å². The van der Waals surface area contributed by atoms with Crippen LogP contribution in [-0.4, -0.2) is 16.7 Å². The molecule has 1 N–H and O–H groups in total. The lowest BCUT2D eigenvalue weighted by Gasteiger charge is -2.21. The summed E-state index contributed by atoms with van der Waals surface area (Å²) in [5.74, 6) is 0. The molecule has 80 valence electrons. The van der Waals surface area contributed by atoms with Gasteiger partial charge in [0, 0.05) is 5.41 Å². The molecule has 0 amide bonds. The third-order valence-corrected chi connectivity index (χ3v) is 3.62. The van der Waals surface area contributed by atoms with Crippen molar-refractivity contribution < 1.29 is 5.11 Å². The van der Waals surface area contributed by atoms with E-state index in [1.54, 1.807) is 11.3 Å². The average molecular weight is 221 g/mol. The molecule has 15 heavy (non-hydrogen) atoms. The Labute approximate surface area is 93.6 Å². The van der Waals surface area contributed by atoms with Gasteiger partial charge < -0.3 is 5.11 Å². The minimum atomic E-state index is -0.189. The van der Waals surface area contributed by atoms with Crippen molar-refractivity contribution in [3.63, 3.8) is 0 Å². The number of fused-ring (bicyclic) bond motifs is 1. The van der Waals surface area contributed by atoms with Gasteiger partial charge in [-0.25, -0.2) is 4.98 Å². The molecule has 3 heteroatoms. The minimum absolute atomic E-state index is 0.154. The molecule has 0 unspecified atom stereocenters. The van der Waals surface area contributed by atoms with Gasteiger partial charge in [0.05, 0.1) is 21.8 Å². The Kier molecular flexibility index (Phi) is 2.52. The van der Waals surface area contributed by atoms with Gasteiger partial charge in [-0.1, -0.05) is 19.9 Å². The first-order chi connectivity index (χ1) is 7.03. The van der Waals surface area contributed by atoms with Gasteiger partial charge in [0.1, 0.15) is 0 Å². The summed E-state index contributed by atoms with van der Waals surface area (Å²) in [5.41, 5.74) is 1.99. The number of aryl methyl sites for hydroxylation is 1. The van der Waals surface area contributed by atoms with Crippen LogP contribution in [0.2, 0.25) is 0 Å². The van der Waals surface area contributed by atoms with E-state index in [0.717, 1.165) is 16.1 Å². The highest BCUT2D eigenvalue weighted by molar-refractivity contribution is 7.18. The largest absolute Gasteiger partial charge is 0.395 e. The van der Waals surface area contributed by atoms with Crippen molar-refractivity contribution in [1.82, 2.24) is 4.98 Å². The van der Waals surface area contributed by atoms with Crippen LogP contribution in [0.4, 0.5) is 0 Å². The lowest BCUT2D eigenvalue weighted by Crippen LogP contribution is -2.21. The minimum Gasteiger partial charge on any atom is -0.395 e. The lowest BCUT2D eigenvalue weighted by atomic mass is 9.85. The van der Waals surface area contributed by atoms with Crippen molar-refractivity contribution in [2.75, 3.05) is 6.61 Å². The fourth-order valence-electron chi connectivity index (χ4n) is 1.55. The highest BCUT2D eigenvalue weighted by Crippen LogP contribution is 2.28. The fraction of sp³-hybridized carbons (Fsp3) is 0.417. The summed E-state index contributed by atoms with van der Waals surface area (Å²) in [6.07, 6.45) is 0. The van der Waals surface area contributed by atoms with E-state index in [9.17, 15) is 5.11 Å². The molecule has 1 aromatic heterocycles. The molecule has 0 radical (unpaired) electrons. The Balaban J connectivity index is 2.55. The fourth-order valence-corrected chi connectivity index (χ4v) is 2.36. The highest BCUT2D eigenvalue weighted by Gasteiger charge is 2.19. The zero-order chi connectivity index (χ0) is 11.1. The second-order valence-corrected chi connectivity index (χ2v) is 5.69. The number of benzene rings is 1. The number of nitrogens with zero attached hydrogens (tertiary/aromatic N) is 1. The van der Waals surface area contributed by atoms with Gasteiger partial charge in [-0.05, 0) is 24.6 Å². The van der Waals surface area contributed by atoms with E-state index < -0.39 is 0 Å². The van der Waals surface area contributed by atoms with E-state index in [4.69, 9.17) is 0 Å². The first kappa shape index (κ1) is 10.6. The first-order valence-corrected chi connectivity index (χ1v) is 5.83. The van der Waals surface area contributed by atoms with Crippen molar-refractivity contribution in [3.05, 3.63) is 28.8 Å². The number of hydrogen-bond acceptors (Lipinski definition) is 3. The monoisotopic (exact) mass is 221 g/mol. The van der Waals surface area contributed by atoms with E-state index in [2.05, 4.69) is 23.2 Å². The van der Waals surface area contributed by atoms with Gasteiger partial charge in [0.15, 0.2) is 0 Å². The second kappa shape index (κ2) is 3.58. The molecule has 0 spiro atoms. The van der Waals surface area contributed by atoms with Gasteiger partial charge >= 0.3 is 0 Å². The number of aliphatic hydroxyl groups excluding tert-OH is 1. The molecule has 0 saturated carbocycles. The van der Waals surface area contributed by atoms with Crippen LogP contribution >= 0.6 is 11.3 Å². The summed E-state index contributed by atoms with van der Waals surface area (Å²) in [6, 6.07) is 6.25. The number of rotatable bonds is 2. The standard InChI is InChI=1S/C12H15NOS/c1-8-13-10-6-9(12(2,3)7-14)4-5-11(10)15-8/h4-6,14H,7H2,1-3H3. The Hall–Kier alpha value is -0.930. The summed E-state index contributed by atoms with van der Waals surface area (Å²) >= 11 is 1.71. The topological polar surface area (TPSA) is 33.1 Å². The van der Waals surface area contributed by atoms with E-state index in [0.29, 0.717) is 0 Å². The molecule has 0 bridgehead atoms. The van der Waals surface area contributed by atoms with Crippen LogP contribution in [-0.2, 0) is 5.41 Å². The Morgan fingerprint density at radius 3 is 2.80 bits per heavy atom. The third-order valence-electron chi connectivity index (χ3n) is 2.67. The smallest absolute Gasteiger partial charge is 0.0907 e. The lowest BCUT2D eigenvalue weighted by molar-refractivity contribution is 0.218. The van der Waals surface area contributed by atoms with Gasteiger partial charge in [-0.15, -0.1) is 11.3 Å². The first-order valence-electron chi connectivity index (χ1n) is 5.01. The number of aliphatic hydroxyl groups is 1. The van der Waals surface area contributed by atoms with E-state index in [1.807, 2.05) is 20.8 Å². The van der Waals surface area contributed by atoms with Crippen molar-refractivity contribution >= 4 is 21.6 Å². The van der Waals surface area contributed by atoms with Crippen molar-refractivity contribution in [2.45, 2.75) is 26.2 Å². The molecular weight excluding hydrogens is 206 g/mol. The maximum atomic E-state index is 9.31. The second-order valence-electron chi connectivity index (χ2n) is 4.46. The van der Waals surface area contributed by atoms with Gasteiger partial charge in [-0.3, -0.25) is 0 Å². The summed E-state index contributed by atoms with van der Waals surface area (Å²) in [4.78, 5) is 4.46. The summed E-state index contributed by atoms with van der Waals surface area (Å²) in [5, 5.41) is 10.4. The number of hydrogen-bond donors (Lipinski definition) is 1. The maximum absolute atomic E-state index is 9.31. The number of thiazole rings is 1. The molecule has 1 aromatic carbocycles. The summed E-state index contributed by atoms with van der Waals surface area (Å²) in [7, 11) is 0. The summed E-state index contributed by atoms with van der Waals surface area (Å²) < 4.78 is 1.21. The van der Waals surface area contributed by atoms with Gasteiger partial charge in [-0.2, -0.15) is 0 Å².